The smallest absolute Gasteiger partial charge is 0.319 e. The molecule has 0 spiro atoms. The van der Waals surface area contributed by atoms with E-state index in [0.717, 1.165) is 30.1 Å². The van der Waals surface area contributed by atoms with Gasteiger partial charge in [-0.25, -0.2) is 9.78 Å². The van der Waals surface area contributed by atoms with E-state index in [4.69, 9.17) is 11.6 Å². The second kappa shape index (κ2) is 10.9. The molecule has 2 aliphatic rings. The van der Waals surface area contributed by atoms with Crippen LogP contribution in [-0.4, -0.2) is 72.4 Å². The minimum absolute atomic E-state index is 0.0288. The molecule has 11 heteroatoms. The van der Waals surface area contributed by atoms with Crippen molar-refractivity contribution in [2.75, 3.05) is 33.0 Å². The number of hydrogen-bond acceptors (Lipinski definition) is 6. The second-order valence-electron chi connectivity index (χ2n) is 9.41. The summed E-state index contributed by atoms with van der Waals surface area (Å²) in [5.74, 6) is -0.452. The molecule has 2 aromatic rings. The number of carbonyl (C=O) groups excluding carboxylic acids is 3. The van der Waals surface area contributed by atoms with Gasteiger partial charge in [0.2, 0.25) is 5.91 Å². The lowest BCUT2D eigenvalue weighted by molar-refractivity contribution is -0.134. The SMILES string of the molecule is CN1CCc2nc(C(=O)N[C@@H]3C[C@@H](C(=O)N(C)C)CC[C@@H]3NC(=O)Nc3ccc(Cl)cc3)sc2C1. The van der Waals surface area contributed by atoms with Crippen LogP contribution in [0.25, 0.3) is 0 Å². The molecule has 4 rings (SSSR count). The number of fused-ring (bicyclic) bond motifs is 1. The molecule has 1 aromatic carbocycles. The van der Waals surface area contributed by atoms with Crippen molar-refractivity contribution in [3.05, 3.63) is 44.9 Å². The Balaban J connectivity index is 1.46. The van der Waals surface area contributed by atoms with Crippen molar-refractivity contribution in [2.24, 2.45) is 5.92 Å². The molecule has 3 atom stereocenters. The lowest BCUT2D eigenvalue weighted by Crippen LogP contribution is -2.56. The number of carbonyl (C=O) groups is 3. The number of anilines is 1. The van der Waals surface area contributed by atoms with Crippen LogP contribution in [0.15, 0.2) is 24.3 Å². The van der Waals surface area contributed by atoms with Gasteiger partial charge in [0, 0.05) is 55.1 Å². The summed E-state index contributed by atoms with van der Waals surface area (Å²) in [4.78, 5) is 48.0. The molecule has 188 valence electrons. The van der Waals surface area contributed by atoms with E-state index in [1.165, 1.54) is 11.3 Å². The van der Waals surface area contributed by atoms with Crippen molar-refractivity contribution in [1.29, 1.82) is 0 Å². The van der Waals surface area contributed by atoms with Gasteiger partial charge in [0.05, 0.1) is 17.8 Å². The fourth-order valence-corrected chi connectivity index (χ4v) is 5.83. The quantitative estimate of drug-likeness (QED) is 0.564. The molecule has 0 saturated heterocycles. The molecule has 3 N–H and O–H groups in total. The Morgan fingerprint density at radius 3 is 2.57 bits per heavy atom. The molecular formula is C24H31ClN6O3S. The largest absolute Gasteiger partial charge is 0.349 e. The Bertz CT molecular complexity index is 1090. The third-order valence-corrected chi connectivity index (χ3v) is 7.82. The predicted molar refractivity (Wildman–Crippen MR) is 137 cm³/mol. The number of amides is 4. The number of hydrogen-bond donors (Lipinski definition) is 3. The number of rotatable bonds is 5. The molecule has 0 radical (unpaired) electrons. The number of nitrogens with zero attached hydrogens (tertiary/aromatic N) is 3. The molecule has 9 nitrogen and oxygen atoms in total. The zero-order valence-electron chi connectivity index (χ0n) is 20.1. The van der Waals surface area contributed by atoms with E-state index in [1.807, 2.05) is 0 Å². The standard InChI is InChI=1S/C24H31ClN6O3S/c1-30(2)23(33)14-4-9-17(29-24(34)26-16-7-5-15(25)6-8-16)19(12-14)27-21(32)22-28-18-10-11-31(3)13-20(18)35-22/h5-8,14,17,19H,4,9-13H2,1-3H3,(H,27,32)(H2,26,29,34)/t14-,17-,19+/m0/s1. The van der Waals surface area contributed by atoms with Crippen molar-refractivity contribution in [3.63, 3.8) is 0 Å². The Labute approximate surface area is 214 Å². The van der Waals surface area contributed by atoms with Crippen LogP contribution in [0, 0.1) is 5.92 Å². The van der Waals surface area contributed by atoms with Crippen LogP contribution in [0.2, 0.25) is 5.02 Å². The van der Waals surface area contributed by atoms with Gasteiger partial charge in [-0.05, 0) is 50.6 Å². The first-order valence-corrected chi connectivity index (χ1v) is 12.9. The van der Waals surface area contributed by atoms with E-state index in [-0.39, 0.29) is 29.8 Å². The molecule has 1 saturated carbocycles. The molecule has 1 aromatic heterocycles. The normalized spacial score (nSPS) is 22.1. The highest BCUT2D eigenvalue weighted by molar-refractivity contribution is 7.13. The van der Waals surface area contributed by atoms with E-state index in [9.17, 15) is 14.4 Å². The molecule has 4 amide bonds. The highest BCUT2D eigenvalue weighted by atomic mass is 35.5. The van der Waals surface area contributed by atoms with Gasteiger partial charge in [-0.2, -0.15) is 0 Å². The third-order valence-electron chi connectivity index (χ3n) is 6.49. The van der Waals surface area contributed by atoms with Crippen molar-refractivity contribution in [2.45, 2.75) is 44.3 Å². The fraction of sp³-hybridized carbons (Fsp3) is 0.500. The van der Waals surface area contributed by atoms with Crippen molar-refractivity contribution >= 4 is 46.5 Å². The number of likely N-dealkylation sites (N-methyl/N-ethyl adjacent to an activating group) is 1. The van der Waals surface area contributed by atoms with Gasteiger partial charge in [0.15, 0.2) is 5.01 Å². The summed E-state index contributed by atoms with van der Waals surface area (Å²) in [7, 11) is 5.52. The zero-order chi connectivity index (χ0) is 25.1. The number of nitrogens with one attached hydrogen (secondary N) is 3. The van der Waals surface area contributed by atoms with Crippen LogP contribution in [0.4, 0.5) is 10.5 Å². The van der Waals surface area contributed by atoms with E-state index < -0.39 is 6.04 Å². The van der Waals surface area contributed by atoms with Gasteiger partial charge in [0.1, 0.15) is 0 Å². The lowest BCUT2D eigenvalue weighted by Gasteiger charge is -2.37. The van der Waals surface area contributed by atoms with Crippen molar-refractivity contribution in [3.8, 4) is 0 Å². The predicted octanol–water partition coefficient (Wildman–Crippen LogP) is 2.96. The van der Waals surface area contributed by atoms with Crippen molar-refractivity contribution in [1.82, 2.24) is 25.4 Å². The minimum atomic E-state index is -0.398. The number of thiazole rings is 1. The van der Waals surface area contributed by atoms with Crippen LogP contribution in [0.1, 0.15) is 39.6 Å². The van der Waals surface area contributed by atoms with Crippen molar-refractivity contribution < 1.29 is 14.4 Å². The number of benzene rings is 1. The molecule has 0 unspecified atom stereocenters. The Morgan fingerprint density at radius 1 is 1.11 bits per heavy atom. The highest BCUT2D eigenvalue weighted by Gasteiger charge is 2.37. The average molecular weight is 519 g/mol. The van der Waals surface area contributed by atoms with E-state index in [0.29, 0.717) is 35.0 Å². The van der Waals surface area contributed by atoms with Gasteiger partial charge in [-0.1, -0.05) is 11.6 Å². The van der Waals surface area contributed by atoms with Gasteiger partial charge in [-0.15, -0.1) is 11.3 Å². The maximum Gasteiger partial charge on any atom is 0.319 e. The van der Waals surface area contributed by atoms with E-state index in [2.05, 4.69) is 32.9 Å². The number of aromatic nitrogens is 1. The maximum absolute atomic E-state index is 13.2. The van der Waals surface area contributed by atoms with Crippen LogP contribution < -0.4 is 16.0 Å². The summed E-state index contributed by atoms with van der Waals surface area (Å²) in [5, 5.41) is 9.86. The van der Waals surface area contributed by atoms with Crippen LogP contribution >= 0.6 is 22.9 Å². The van der Waals surface area contributed by atoms with Gasteiger partial charge in [0.25, 0.3) is 5.91 Å². The van der Waals surface area contributed by atoms with Gasteiger partial charge < -0.3 is 25.8 Å². The molecule has 35 heavy (non-hydrogen) atoms. The first-order chi connectivity index (χ1) is 16.7. The summed E-state index contributed by atoms with van der Waals surface area (Å²) in [6.45, 7) is 1.71. The first kappa shape index (κ1) is 25.4. The minimum Gasteiger partial charge on any atom is -0.349 e. The molecule has 1 aliphatic carbocycles. The second-order valence-corrected chi connectivity index (χ2v) is 10.9. The highest BCUT2D eigenvalue weighted by Crippen LogP contribution is 2.28. The van der Waals surface area contributed by atoms with E-state index in [1.54, 1.807) is 43.3 Å². The fourth-order valence-electron chi connectivity index (χ4n) is 4.61. The summed E-state index contributed by atoms with van der Waals surface area (Å²) in [5.41, 5.74) is 1.60. The topological polar surface area (TPSA) is 107 Å². The Hall–Kier alpha value is -2.69. The number of halogens is 1. The van der Waals surface area contributed by atoms with Crippen LogP contribution in [-0.2, 0) is 17.8 Å². The molecular weight excluding hydrogens is 488 g/mol. The Morgan fingerprint density at radius 2 is 1.86 bits per heavy atom. The molecule has 1 aliphatic heterocycles. The molecule has 1 fully saturated rings. The first-order valence-electron chi connectivity index (χ1n) is 11.7. The zero-order valence-corrected chi connectivity index (χ0v) is 21.7. The van der Waals surface area contributed by atoms with Crippen LogP contribution in [0.5, 0.6) is 0 Å². The third kappa shape index (κ3) is 6.31. The summed E-state index contributed by atoms with van der Waals surface area (Å²) >= 11 is 7.33. The monoisotopic (exact) mass is 518 g/mol. The summed E-state index contributed by atoms with van der Waals surface area (Å²) < 4.78 is 0. The molecule has 2 heterocycles. The van der Waals surface area contributed by atoms with Gasteiger partial charge in [-0.3, -0.25) is 9.59 Å². The number of urea groups is 1. The van der Waals surface area contributed by atoms with Crippen LogP contribution in [0.3, 0.4) is 0 Å². The lowest BCUT2D eigenvalue weighted by atomic mass is 9.81. The molecule has 0 bridgehead atoms. The Kier molecular flexibility index (Phi) is 7.93. The van der Waals surface area contributed by atoms with Gasteiger partial charge >= 0.3 is 6.03 Å². The summed E-state index contributed by atoms with van der Waals surface area (Å²) in [6, 6.07) is 5.74. The summed E-state index contributed by atoms with van der Waals surface area (Å²) in [6.07, 6.45) is 2.48. The maximum atomic E-state index is 13.2. The van der Waals surface area contributed by atoms with E-state index >= 15 is 0 Å². The average Bonchev–Trinajstić information content (AvgIpc) is 3.24.